The first-order chi connectivity index (χ1) is 15.5. The lowest BCUT2D eigenvalue weighted by Crippen LogP contribution is -2.40. The van der Waals surface area contributed by atoms with Crippen LogP contribution in [-0.4, -0.2) is 42.9 Å². The van der Waals surface area contributed by atoms with Crippen LogP contribution in [0, 0.1) is 11.7 Å². The van der Waals surface area contributed by atoms with E-state index in [-0.39, 0.29) is 41.6 Å². The number of guanidine groups is 1. The molecule has 0 bridgehead atoms. The van der Waals surface area contributed by atoms with E-state index in [1.165, 1.54) is 11.6 Å². The lowest BCUT2D eigenvalue weighted by molar-refractivity contribution is -0.123. The maximum absolute atomic E-state index is 13.8. The van der Waals surface area contributed by atoms with Crippen LogP contribution in [0.5, 0.6) is 0 Å². The minimum Gasteiger partial charge on any atom is -0.369 e. The van der Waals surface area contributed by atoms with Gasteiger partial charge in [-0.15, -0.1) is 24.0 Å². The molecule has 33 heavy (non-hydrogen) atoms. The van der Waals surface area contributed by atoms with E-state index in [1.54, 1.807) is 12.1 Å². The average molecular weight is 567 g/mol. The van der Waals surface area contributed by atoms with E-state index in [2.05, 4.69) is 38.7 Å². The third-order valence-corrected chi connectivity index (χ3v) is 5.71. The molecule has 1 fully saturated rings. The molecule has 4 N–H and O–H groups in total. The van der Waals surface area contributed by atoms with Crippen LogP contribution in [-0.2, 0) is 24.3 Å². The molecule has 1 amide bonds. The highest BCUT2D eigenvalue weighted by Crippen LogP contribution is 2.19. The number of primary amides is 1. The summed E-state index contributed by atoms with van der Waals surface area (Å²) in [5.41, 5.74) is 8.53. The Kier molecular flexibility index (Phi) is 11.6. The van der Waals surface area contributed by atoms with Crippen molar-refractivity contribution < 1.29 is 9.18 Å². The number of nitrogens with two attached hydrogens (primary N) is 1. The first kappa shape index (κ1) is 27.0. The average Bonchev–Trinajstić information content (AvgIpc) is 2.79. The number of nitrogens with one attached hydrogen (secondary N) is 2. The number of aliphatic imine (C=N–C) groups is 1. The van der Waals surface area contributed by atoms with Gasteiger partial charge in [0.05, 0.1) is 12.5 Å². The topological polar surface area (TPSA) is 82.8 Å². The Bertz CT molecular complexity index is 923. The SMILES string of the molecule is CCNC(=NCc1cccc(CN2CCCC(C(N)=O)C2)c1)NCCc1ccccc1F.I. The Morgan fingerprint density at radius 3 is 2.73 bits per heavy atom. The molecule has 0 aromatic heterocycles. The summed E-state index contributed by atoms with van der Waals surface area (Å²) in [4.78, 5) is 18.5. The predicted molar refractivity (Wildman–Crippen MR) is 142 cm³/mol. The number of rotatable bonds is 9. The second kappa shape index (κ2) is 14.1. The lowest BCUT2D eigenvalue weighted by Gasteiger charge is -2.31. The number of hydrogen-bond donors (Lipinski definition) is 3. The fourth-order valence-corrected chi connectivity index (χ4v) is 4.04. The number of piperidine rings is 1. The molecule has 0 saturated carbocycles. The van der Waals surface area contributed by atoms with E-state index in [4.69, 9.17) is 5.73 Å². The van der Waals surface area contributed by atoms with E-state index in [9.17, 15) is 9.18 Å². The molecule has 1 aliphatic rings. The number of likely N-dealkylation sites (tertiary alicyclic amines) is 1. The van der Waals surface area contributed by atoms with E-state index in [1.807, 2.05) is 19.1 Å². The van der Waals surface area contributed by atoms with Crippen LogP contribution >= 0.6 is 24.0 Å². The van der Waals surface area contributed by atoms with Gasteiger partial charge in [-0.05, 0) is 55.5 Å². The molecule has 1 atom stereocenters. The largest absolute Gasteiger partial charge is 0.369 e. The van der Waals surface area contributed by atoms with Crippen LogP contribution in [0.25, 0.3) is 0 Å². The summed E-state index contributed by atoms with van der Waals surface area (Å²) < 4.78 is 13.8. The monoisotopic (exact) mass is 567 g/mol. The number of carbonyl (C=O) groups is 1. The number of carbonyl (C=O) groups excluding carboxylic acids is 1. The quantitative estimate of drug-likeness (QED) is 0.247. The molecular formula is C25H35FIN5O. The van der Waals surface area contributed by atoms with Gasteiger partial charge in [0, 0.05) is 26.2 Å². The van der Waals surface area contributed by atoms with E-state index < -0.39 is 0 Å². The van der Waals surface area contributed by atoms with Crippen LogP contribution in [0.2, 0.25) is 0 Å². The Labute approximate surface area is 213 Å². The van der Waals surface area contributed by atoms with Crippen molar-refractivity contribution in [3.05, 3.63) is 71.0 Å². The smallest absolute Gasteiger partial charge is 0.221 e. The fourth-order valence-electron chi connectivity index (χ4n) is 4.04. The number of amides is 1. The molecule has 1 aliphatic heterocycles. The molecular weight excluding hydrogens is 532 g/mol. The minimum absolute atomic E-state index is 0. The lowest BCUT2D eigenvalue weighted by atomic mass is 9.97. The molecule has 1 unspecified atom stereocenters. The highest BCUT2D eigenvalue weighted by atomic mass is 127. The highest BCUT2D eigenvalue weighted by molar-refractivity contribution is 14.0. The molecule has 8 heteroatoms. The summed E-state index contributed by atoms with van der Waals surface area (Å²) in [6.45, 7) is 6.45. The molecule has 1 saturated heterocycles. The maximum atomic E-state index is 13.8. The Morgan fingerprint density at radius 1 is 1.18 bits per heavy atom. The van der Waals surface area contributed by atoms with Crippen molar-refractivity contribution in [2.24, 2.45) is 16.6 Å². The summed E-state index contributed by atoms with van der Waals surface area (Å²) in [6.07, 6.45) is 2.48. The summed E-state index contributed by atoms with van der Waals surface area (Å²) in [7, 11) is 0. The van der Waals surface area contributed by atoms with Crippen molar-refractivity contribution in [2.75, 3.05) is 26.2 Å². The predicted octanol–water partition coefficient (Wildman–Crippen LogP) is 3.44. The van der Waals surface area contributed by atoms with E-state index in [0.29, 0.717) is 25.1 Å². The third kappa shape index (κ3) is 8.92. The fraction of sp³-hybridized carbons (Fsp3) is 0.440. The molecule has 180 valence electrons. The molecule has 1 heterocycles. The van der Waals surface area contributed by atoms with Crippen molar-refractivity contribution >= 4 is 35.8 Å². The Balaban J connectivity index is 0.00000385. The van der Waals surface area contributed by atoms with Gasteiger partial charge in [-0.2, -0.15) is 0 Å². The van der Waals surface area contributed by atoms with Crippen molar-refractivity contribution in [1.29, 1.82) is 0 Å². The van der Waals surface area contributed by atoms with Gasteiger partial charge in [0.15, 0.2) is 5.96 Å². The second-order valence-electron chi connectivity index (χ2n) is 8.26. The number of nitrogens with zero attached hydrogens (tertiary/aromatic N) is 2. The second-order valence-corrected chi connectivity index (χ2v) is 8.26. The van der Waals surface area contributed by atoms with Crippen LogP contribution in [0.15, 0.2) is 53.5 Å². The molecule has 2 aromatic rings. The molecule has 0 aliphatic carbocycles. The van der Waals surface area contributed by atoms with Crippen LogP contribution < -0.4 is 16.4 Å². The van der Waals surface area contributed by atoms with Gasteiger partial charge in [0.25, 0.3) is 0 Å². The zero-order valence-corrected chi connectivity index (χ0v) is 21.6. The van der Waals surface area contributed by atoms with E-state index >= 15 is 0 Å². The first-order valence-electron chi connectivity index (χ1n) is 11.4. The summed E-state index contributed by atoms with van der Waals surface area (Å²) >= 11 is 0. The maximum Gasteiger partial charge on any atom is 0.221 e. The van der Waals surface area contributed by atoms with Crippen LogP contribution in [0.4, 0.5) is 4.39 Å². The van der Waals surface area contributed by atoms with Gasteiger partial charge in [0.1, 0.15) is 5.82 Å². The summed E-state index contributed by atoms with van der Waals surface area (Å²) in [5, 5.41) is 6.53. The molecule has 0 spiro atoms. The van der Waals surface area contributed by atoms with Crippen LogP contribution in [0.3, 0.4) is 0 Å². The zero-order valence-electron chi connectivity index (χ0n) is 19.2. The van der Waals surface area contributed by atoms with Gasteiger partial charge in [-0.1, -0.05) is 42.5 Å². The molecule has 0 radical (unpaired) electrons. The number of hydrogen-bond acceptors (Lipinski definition) is 3. The van der Waals surface area contributed by atoms with Gasteiger partial charge in [0.2, 0.25) is 5.91 Å². The number of benzene rings is 2. The van der Waals surface area contributed by atoms with Crippen LogP contribution in [0.1, 0.15) is 36.5 Å². The van der Waals surface area contributed by atoms with Gasteiger partial charge < -0.3 is 16.4 Å². The normalized spacial score (nSPS) is 16.7. The van der Waals surface area contributed by atoms with Gasteiger partial charge in [-0.25, -0.2) is 9.38 Å². The van der Waals surface area contributed by atoms with Gasteiger partial charge >= 0.3 is 0 Å². The Morgan fingerprint density at radius 2 is 1.97 bits per heavy atom. The van der Waals surface area contributed by atoms with Crippen molar-refractivity contribution in [3.8, 4) is 0 Å². The summed E-state index contributed by atoms with van der Waals surface area (Å²) in [5.74, 6) is 0.296. The van der Waals surface area contributed by atoms with E-state index in [0.717, 1.165) is 50.5 Å². The van der Waals surface area contributed by atoms with Crippen molar-refractivity contribution in [2.45, 2.75) is 39.3 Å². The minimum atomic E-state index is -0.198. The third-order valence-electron chi connectivity index (χ3n) is 5.71. The zero-order chi connectivity index (χ0) is 22.8. The van der Waals surface area contributed by atoms with Crippen molar-refractivity contribution in [3.63, 3.8) is 0 Å². The first-order valence-corrected chi connectivity index (χ1v) is 11.4. The molecule has 6 nitrogen and oxygen atoms in total. The standard InChI is InChI=1S/C25H34FN5O.HI/c1-2-28-25(29-13-12-21-9-3-4-11-23(21)26)30-16-19-7-5-8-20(15-19)17-31-14-6-10-22(18-31)24(27)32;/h3-5,7-9,11,15,22H,2,6,10,12-14,16-18H2,1H3,(H2,27,32)(H2,28,29,30);1H. The summed E-state index contributed by atoms with van der Waals surface area (Å²) in [6, 6.07) is 15.2. The Hall–Kier alpha value is -2.20. The highest BCUT2D eigenvalue weighted by Gasteiger charge is 2.23. The molecule has 3 rings (SSSR count). The molecule has 2 aromatic carbocycles. The van der Waals surface area contributed by atoms with Gasteiger partial charge in [-0.3, -0.25) is 9.69 Å². The number of halogens is 2. The van der Waals surface area contributed by atoms with Crippen molar-refractivity contribution in [1.82, 2.24) is 15.5 Å².